The van der Waals surface area contributed by atoms with E-state index in [0.29, 0.717) is 11.3 Å². The number of phenolic OH excluding ortho intramolecular Hbond substituents is 1. The minimum absolute atomic E-state index is 0.132. The zero-order valence-corrected chi connectivity index (χ0v) is 16.8. The number of hydrogen-bond acceptors (Lipinski definition) is 3. The van der Waals surface area contributed by atoms with Crippen molar-refractivity contribution in [1.29, 1.82) is 0 Å². The summed E-state index contributed by atoms with van der Waals surface area (Å²) in [6.45, 7) is 5.57. The van der Waals surface area contributed by atoms with E-state index in [9.17, 15) is 13.5 Å². The van der Waals surface area contributed by atoms with E-state index in [0.717, 1.165) is 16.7 Å². The lowest BCUT2D eigenvalue weighted by atomic mass is 10.1. The number of anilines is 1. The lowest BCUT2D eigenvalue weighted by Gasteiger charge is -2.15. The second kappa shape index (κ2) is 7.86. The summed E-state index contributed by atoms with van der Waals surface area (Å²) < 4.78 is 29.8. The summed E-state index contributed by atoms with van der Waals surface area (Å²) in [6, 6.07) is 18.9. The maximum Gasteiger partial charge on any atom is 0.284 e. The smallest absolute Gasteiger partial charge is 0.284 e. The molecule has 0 radical (unpaired) electrons. The highest BCUT2D eigenvalue weighted by molar-refractivity contribution is 7.90. The molecule has 0 atom stereocenters. The first-order valence-corrected chi connectivity index (χ1v) is 10.2. The van der Waals surface area contributed by atoms with Crippen LogP contribution >= 0.6 is 0 Å². The molecule has 0 aliphatic rings. The minimum Gasteiger partial charge on any atom is -0.508 e. The fourth-order valence-corrected chi connectivity index (χ4v) is 3.86. The molecule has 0 saturated carbocycles. The van der Waals surface area contributed by atoms with E-state index in [1.54, 1.807) is 48.5 Å². The summed E-state index contributed by atoms with van der Waals surface area (Å²) in [4.78, 5) is 0.132. The van der Waals surface area contributed by atoms with Gasteiger partial charge in [0.15, 0.2) is 5.84 Å². The minimum atomic E-state index is -3.90. The topological polar surface area (TPSA) is 78.8 Å². The Labute approximate surface area is 165 Å². The van der Waals surface area contributed by atoms with Crippen LogP contribution in [0.1, 0.15) is 22.3 Å². The summed E-state index contributed by atoms with van der Waals surface area (Å²) in [5.74, 6) is 0.379. The zero-order chi connectivity index (χ0) is 20.3. The van der Waals surface area contributed by atoms with E-state index in [1.165, 1.54) is 0 Å². The third-order valence-corrected chi connectivity index (χ3v) is 5.63. The third-order valence-electron chi connectivity index (χ3n) is 4.34. The molecular formula is C22H22N2O3S. The normalized spacial score (nSPS) is 12.0. The monoisotopic (exact) mass is 394 g/mol. The number of aromatic hydroxyl groups is 1. The average Bonchev–Trinajstić information content (AvgIpc) is 2.64. The molecule has 3 aromatic rings. The van der Waals surface area contributed by atoms with Crippen LogP contribution in [-0.2, 0) is 10.0 Å². The Bertz CT molecular complexity index is 1100. The van der Waals surface area contributed by atoms with Crippen molar-refractivity contribution < 1.29 is 13.5 Å². The van der Waals surface area contributed by atoms with Crippen molar-refractivity contribution in [2.24, 2.45) is 4.40 Å². The van der Waals surface area contributed by atoms with Crippen LogP contribution in [0.3, 0.4) is 0 Å². The van der Waals surface area contributed by atoms with Crippen LogP contribution in [0.4, 0.5) is 5.69 Å². The standard InChI is InChI=1S/C22H22N2O3S/c1-15-9-11-20(12-10-15)28(26,27)24-22(18-7-5-4-6-8-18)23-21-16(2)13-19(25)14-17(21)3/h4-14,25H,1-3H3,(H,23,24). The highest BCUT2D eigenvalue weighted by Gasteiger charge is 2.17. The van der Waals surface area contributed by atoms with Crippen LogP contribution in [0, 0.1) is 20.8 Å². The van der Waals surface area contributed by atoms with Gasteiger partial charge in [-0.1, -0.05) is 48.0 Å². The van der Waals surface area contributed by atoms with Gasteiger partial charge < -0.3 is 10.4 Å². The second-order valence-electron chi connectivity index (χ2n) is 6.67. The van der Waals surface area contributed by atoms with Crippen LogP contribution in [0.15, 0.2) is 76.0 Å². The zero-order valence-electron chi connectivity index (χ0n) is 16.0. The van der Waals surface area contributed by atoms with E-state index in [-0.39, 0.29) is 16.5 Å². The van der Waals surface area contributed by atoms with Crippen molar-refractivity contribution in [3.8, 4) is 5.75 Å². The molecule has 3 aromatic carbocycles. The molecule has 0 bridgehead atoms. The van der Waals surface area contributed by atoms with E-state index >= 15 is 0 Å². The molecule has 0 unspecified atom stereocenters. The van der Waals surface area contributed by atoms with E-state index < -0.39 is 10.0 Å². The number of benzene rings is 3. The van der Waals surface area contributed by atoms with Crippen LogP contribution < -0.4 is 5.32 Å². The Hall–Kier alpha value is -3.12. The van der Waals surface area contributed by atoms with E-state index in [4.69, 9.17) is 0 Å². The predicted octanol–water partition coefficient (Wildman–Crippen LogP) is 4.57. The second-order valence-corrected chi connectivity index (χ2v) is 8.28. The number of nitrogens with one attached hydrogen (secondary N) is 1. The third kappa shape index (κ3) is 4.40. The number of phenols is 1. The molecule has 0 aromatic heterocycles. The SMILES string of the molecule is Cc1ccc(S(=O)(=O)/N=C(/Nc2c(C)cc(O)cc2C)c2ccccc2)cc1. The van der Waals surface area contributed by atoms with Gasteiger partial charge in [0.2, 0.25) is 0 Å². The Kier molecular flexibility index (Phi) is 5.51. The summed E-state index contributed by atoms with van der Waals surface area (Å²) in [6.07, 6.45) is 0. The van der Waals surface area contributed by atoms with Crippen molar-refractivity contribution in [2.75, 3.05) is 5.32 Å². The lowest BCUT2D eigenvalue weighted by molar-refractivity contribution is 0.474. The summed E-state index contributed by atoms with van der Waals surface area (Å²) in [5, 5.41) is 12.9. The van der Waals surface area contributed by atoms with Crippen LogP contribution in [0.25, 0.3) is 0 Å². The first kappa shape index (κ1) is 19.6. The van der Waals surface area contributed by atoms with Gasteiger partial charge in [-0.2, -0.15) is 8.42 Å². The largest absolute Gasteiger partial charge is 0.508 e. The summed E-state index contributed by atoms with van der Waals surface area (Å²) in [7, 11) is -3.90. The van der Waals surface area contributed by atoms with Crippen molar-refractivity contribution in [2.45, 2.75) is 25.7 Å². The number of hydrogen-bond donors (Lipinski definition) is 2. The Balaban J connectivity index is 2.11. The maximum absolute atomic E-state index is 12.9. The number of amidine groups is 1. The molecule has 28 heavy (non-hydrogen) atoms. The Morgan fingerprint density at radius 2 is 1.46 bits per heavy atom. The Morgan fingerprint density at radius 3 is 2.04 bits per heavy atom. The molecule has 6 heteroatoms. The van der Waals surface area contributed by atoms with Crippen molar-refractivity contribution in [1.82, 2.24) is 0 Å². The lowest BCUT2D eigenvalue weighted by Crippen LogP contribution is -2.17. The molecule has 0 spiro atoms. The molecule has 2 N–H and O–H groups in total. The fraction of sp³-hybridized carbons (Fsp3) is 0.136. The number of sulfonamides is 1. The molecule has 5 nitrogen and oxygen atoms in total. The van der Waals surface area contributed by atoms with Gasteiger partial charge in [0.25, 0.3) is 10.0 Å². The van der Waals surface area contributed by atoms with Crippen LogP contribution in [0.5, 0.6) is 5.75 Å². The highest BCUT2D eigenvalue weighted by atomic mass is 32.2. The van der Waals surface area contributed by atoms with Gasteiger partial charge in [0.05, 0.1) is 4.90 Å². The van der Waals surface area contributed by atoms with Crippen molar-refractivity contribution >= 4 is 21.5 Å². The Morgan fingerprint density at radius 1 is 0.893 bits per heavy atom. The molecule has 0 heterocycles. The van der Waals surface area contributed by atoms with Gasteiger partial charge in [-0.05, 0) is 56.2 Å². The maximum atomic E-state index is 12.9. The van der Waals surface area contributed by atoms with Gasteiger partial charge >= 0.3 is 0 Å². The molecule has 3 rings (SSSR count). The quantitative estimate of drug-likeness (QED) is 0.386. The fourth-order valence-electron chi connectivity index (χ4n) is 2.88. The van der Waals surface area contributed by atoms with Gasteiger partial charge in [0, 0.05) is 11.3 Å². The highest BCUT2D eigenvalue weighted by Crippen LogP contribution is 2.26. The van der Waals surface area contributed by atoms with Gasteiger partial charge in [-0.25, -0.2) is 0 Å². The van der Waals surface area contributed by atoms with Gasteiger partial charge in [-0.15, -0.1) is 4.40 Å². The number of nitrogens with zero attached hydrogens (tertiary/aromatic N) is 1. The first-order valence-electron chi connectivity index (χ1n) is 8.80. The predicted molar refractivity (Wildman–Crippen MR) is 113 cm³/mol. The van der Waals surface area contributed by atoms with Gasteiger partial charge in [0.1, 0.15) is 5.75 Å². The molecule has 0 aliphatic carbocycles. The van der Waals surface area contributed by atoms with Gasteiger partial charge in [-0.3, -0.25) is 0 Å². The first-order chi connectivity index (χ1) is 13.3. The van der Waals surface area contributed by atoms with E-state index in [1.807, 2.05) is 39.0 Å². The molecule has 0 fully saturated rings. The average molecular weight is 394 g/mol. The number of rotatable bonds is 4. The molecule has 0 amide bonds. The molecule has 0 aliphatic heterocycles. The van der Waals surface area contributed by atoms with E-state index in [2.05, 4.69) is 9.71 Å². The van der Waals surface area contributed by atoms with Crippen molar-refractivity contribution in [3.63, 3.8) is 0 Å². The summed E-state index contributed by atoms with van der Waals surface area (Å²) in [5.41, 5.74) is 3.90. The molecular weight excluding hydrogens is 372 g/mol. The molecule has 144 valence electrons. The summed E-state index contributed by atoms with van der Waals surface area (Å²) >= 11 is 0. The van der Waals surface area contributed by atoms with Crippen LogP contribution in [-0.4, -0.2) is 19.4 Å². The molecule has 0 saturated heterocycles. The van der Waals surface area contributed by atoms with Crippen molar-refractivity contribution in [3.05, 3.63) is 89.0 Å². The number of aryl methyl sites for hydroxylation is 3. The van der Waals surface area contributed by atoms with Crippen LogP contribution in [0.2, 0.25) is 0 Å².